The predicted octanol–water partition coefficient (Wildman–Crippen LogP) is 5.26. The van der Waals surface area contributed by atoms with E-state index in [4.69, 9.17) is 4.74 Å². The summed E-state index contributed by atoms with van der Waals surface area (Å²) >= 11 is 4.45. The van der Waals surface area contributed by atoms with Crippen LogP contribution in [0, 0.1) is 0 Å². The Morgan fingerprint density at radius 3 is 2.38 bits per heavy atom. The molecule has 0 aliphatic carbocycles. The molecule has 0 bridgehead atoms. The highest BCUT2D eigenvalue weighted by atomic mass is 32.1. The Morgan fingerprint density at radius 1 is 1.15 bits per heavy atom. The SMILES string of the molecule is COc1ccc(C(C)C)cc1-c1ccc(C(F)(F)F)cc1CNC(=O)[S-]. The molecule has 2 aromatic rings. The molecule has 0 fully saturated rings. The minimum Gasteiger partial charge on any atom is -0.719 e. The average Bonchev–Trinajstić information content (AvgIpc) is 2.58. The third-order valence-corrected chi connectivity index (χ3v) is 4.18. The van der Waals surface area contributed by atoms with Gasteiger partial charge in [0, 0.05) is 12.1 Å². The van der Waals surface area contributed by atoms with Crippen LogP contribution in [0.2, 0.25) is 0 Å². The fraction of sp³-hybridized carbons (Fsp3) is 0.316. The third kappa shape index (κ3) is 4.66. The van der Waals surface area contributed by atoms with Crippen molar-refractivity contribution in [1.29, 1.82) is 0 Å². The lowest BCUT2D eigenvalue weighted by atomic mass is 9.92. The molecule has 0 aliphatic heterocycles. The molecule has 26 heavy (non-hydrogen) atoms. The van der Waals surface area contributed by atoms with E-state index in [0.29, 0.717) is 22.4 Å². The van der Waals surface area contributed by atoms with Crippen LogP contribution >= 0.6 is 0 Å². The summed E-state index contributed by atoms with van der Waals surface area (Å²) in [4.78, 5) is 11.1. The highest BCUT2D eigenvalue weighted by Crippen LogP contribution is 2.38. The molecular weight excluding hydrogens is 363 g/mol. The Labute approximate surface area is 156 Å². The number of carbonyl (C=O) groups excluding carboxylic acids is 1. The van der Waals surface area contributed by atoms with E-state index in [2.05, 4.69) is 17.9 Å². The molecule has 0 heterocycles. The van der Waals surface area contributed by atoms with Crippen molar-refractivity contribution in [2.24, 2.45) is 0 Å². The molecule has 0 saturated carbocycles. The maximum atomic E-state index is 13.1. The highest BCUT2D eigenvalue weighted by molar-refractivity contribution is 7.76. The summed E-state index contributed by atoms with van der Waals surface area (Å²) in [7, 11) is 1.50. The van der Waals surface area contributed by atoms with Gasteiger partial charge in [-0.2, -0.15) is 13.2 Å². The number of carbonyl (C=O) groups is 1. The van der Waals surface area contributed by atoms with E-state index in [1.165, 1.54) is 13.2 Å². The van der Waals surface area contributed by atoms with Crippen LogP contribution < -0.4 is 10.1 Å². The fourth-order valence-corrected chi connectivity index (χ4v) is 2.71. The number of hydrogen-bond donors (Lipinski definition) is 1. The van der Waals surface area contributed by atoms with E-state index < -0.39 is 17.0 Å². The van der Waals surface area contributed by atoms with Gasteiger partial charge in [-0.25, -0.2) is 0 Å². The molecule has 0 aromatic heterocycles. The first-order valence-corrected chi connectivity index (χ1v) is 8.37. The van der Waals surface area contributed by atoms with Crippen molar-refractivity contribution < 1.29 is 22.7 Å². The standard InChI is InChI=1S/C19H20F3NO2S/c1-11(2)12-4-7-17(25-3)16(9-12)15-6-5-14(19(20,21)22)8-13(15)10-23-18(24)26/h4-9,11H,10H2,1-3H3,(H2,23,24,26)/p-1. The number of alkyl halides is 3. The zero-order valence-corrected chi connectivity index (χ0v) is 15.4. The van der Waals surface area contributed by atoms with E-state index in [9.17, 15) is 18.0 Å². The Kier molecular flexibility index (Phi) is 6.13. The van der Waals surface area contributed by atoms with Gasteiger partial charge in [-0.3, -0.25) is 0 Å². The molecule has 0 spiro atoms. The zero-order chi connectivity index (χ0) is 19.5. The van der Waals surface area contributed by atoms with Crippen molar-refractivity contribution in [3.05, 3.63) is 53.1 Å². The van der Waals surface area contributed by atoms with Gasteiger partial charge < -0.3 is 27.5 Å². The van der Waals surface area contributed by atoms with Gasteiger partial charge in [-0.05, 0) is 46.9 Å². The fourth-order valence-electron chi connectivity index (χ4n) is 2.64. The quantitative estimate of drug-likeness (QED) is 0.717. The zero-order valence-electron chi connectivity index (χ0n) is 14.6. The van der Waals surface area contributed by atoms with E-state index in [0.717, 1.165) is 17.7 Å². The number of methoxy groups -OCH3 is 1. The number of amides is 1. The summed E-state index contributed by atoms with van der Waals surface area (Å²) in [6.07, 6.45) is -4.48. The van der Waals surface area contributed by atoms with Crippen LogP contribution in [0.5, 0.6) is 5.75 Å². The Hall–Kier alpha value is -2.28. The summed E-state index contributed by atoms with van der Waals surface area (Å²) < 4.78 is 44.6. The smallest absolute Gasteiger partial charge is 0.416 e. The summed E-state index contributed by atoms with van der Waals surface area (Å²) in [6.45, 7) is 3.95. The Balaban J connectivity index is 2.63. The first kappa shape index (κ1) is 20.0. The number of benzene rings is 2. The van der Waals surface area contributed by atoms with Crippen LogP contribution in [0.4, 0.5) is 18.0 Å². The summed E-state index contributed by atoms with van der Waals surface area (Å²) in [5, 5.41) is 1.67. The molecule has 0 radical (unpaired) electrons. The van der Waals surface area contributed by atoms with E-state index in [-0.39, 0.29) is 12.5 Å². The van der Waals surface area contributed by atoms with Gasteiger partial charge in [0.25, 0.3) is 0 Å². The van der Waals surface area contributed by atoms with Crippen molar-refractivity contribution in [1.82, 2.24) is 5.32 Å². The number of rotatable bonds is 5. The van der Waals surface area contributed by atoms with Crippen molar-refractivity contribution in [3.8, 4) is 16.9 Å². The van der Waals surface area contributed by atoms with Crippen molar-refractivity contribution in [2.75, 3.05) is 7.11 Å². The molecule has 2 rings (SSSR count). The second kappa shape index (κ2) is 7.95. The Bertz CT molecular complexity index is 804. The van der Waals surface area contributed by atoms with Gasteiger partial charge in [-0.1, -0.05) is 26.0 Å². The summed E-state index contributed by atoms with van der Waals surface area (Å²) in [5.74, 6) is 0.782. The minimum absolute atomic E-state index is 0.101. The molecule has 0 saturated heterocycles. The molecule has 2 aromatic carbocycles. The lowest BCUT2D eigenvalue weighted by Gasteiger charge is -2.18. The average molecular weight is 382 g/mol. The first-order valence-electron chi connectivity index (χ1n) is 7.96. The van der Waals surface area contributed by atoms with Gasteiger partial charge in [0.1, 0.15) is 5.75 Å². The second-order valence-corrected chi connectivity index (χ2v) is 6.50. The van der Waals surface area contributed by atoms with Crippen LogP contribution in [0.15, 0.2) is 36.4 Å². The molecule has 0 atom stereocenters. The van der Waals surface area contributed by atoms with Gasteiger partial charge >= 0.3 is 6.18 Å². The lowest BCUT2D eigenvalue weighted by Crippen LogP contribution is -2.19. The minimum atomic E-state index is -4.48. The van der Waals surface area contributed by atoms with Crippen molar-refractivity contribution in [2.45, 2.75) is 32.5 Å². The molecular formula is C19H19F3NO2S-. The third-order valence-electron chi connectivity index (χ3n) is 4.04. The molecule has 3 nitrogen and oxygen atoms in total. The highest BCUT2D eigenvalue weighted by Gasteiger charge is 2.31. The molecule has 1 amide bonds. The summed E-state index contributed by atoms with van der Waals surface area (Å²) in [6, 6.07) is 9.05. The molecule has 0 aliphatic rings. The van der Waals surface area contributed by atoms with E-state index >= 15 is 0 Å². The van der Waals surface area contributed by atoms with Crippen LogP contribution in [-0.4, -0.2) is 12.3 Å². The largest absolute Gasteiger partial charge is 0.719 e. The molecule has 0 unspecified atom stereocenters. The van der Waals surface area contributed by atoms with Crippen LogP contribution in [-0.2, 0) is 25.3 Å². The summed E-state index contributed by atoms with van der Waals surface area (Å²) in [5.41, 5.74) is 1.78. The van der Waals surface area contributed by atoms with Gasteiger partial charge in [-0.15, -0.1) is 0 Å². The topological polar surface area (TPSA) is 38.3 Å². The first-order chi connectivity index (χ1) is 12.1. The number of nitrogens with one attached hydrogen (secondary N) is 1. The monoisotopic (exact) mass is 382 g/mol. The van der Waals surface area contributed by atoms with Gasteiger partial charge in [0.15, 0.2) is 0 Å². The molecule has 1 N–H and O–H groups in total. The van der Waals surface area contributed by atoms with Crippen LogP contribution in [0.1, 0.15) is 36.5 Å². The maximum Gasteiger partial charge on any atom is 0.416 e. The van der Waals surface area contributed by atoms with Gasteiger partial charge in [0.2, 0.25) is 0 Å². The van der Waals surface area contributed by atoms with Crippen molar-refractivity contribution >= 4 is 17.9 Å². The predicted molar refractivity (Wildman–Crippen MR) is 97.1 cm³/mol. The van der Waals surface area contributed by atoms with Crippen LogP contribution in [0.25, 0.3) is 11.1 Å². The number of halogens is 3. The van der Waals surface area contributed by atoms with E-state index in [1.54, 1.807) is 6.07 Å². The normalized spacial score (nSPS) is 11.5. The number of ether oxygens (including phenoxy) is 1. The van der Waals surface area contributed by atoms with E-state index in [1.807, 2.05) is 26.0 Å². The second-order valence-electron chi connectivity index (χ2n) is 6.13. The van der Waals surface area contributed by atoms with Crippen molar-refractivity contribution in [3.63, 3.8) is 0 Å². The maximum absolute atomic E-state index is 13.1. The molecule has 7 heteroatoms. The Morgan fingerprint density at radius 2 is 1.85 bits per heavy atom. The van der Waals surface area contributed by atoms with Crippen LogP contribution in [0.3, 0.4) is 0 Å². The molecule has 140 valence electrons. The number of hydrogen-bond acceptors (Lipinski definition) is 3. The lowest BCUT2D eigenvalue weighted by molar-refractivity contribution is -0.137. The van der Waals surface area contributed by atoms with Gasteiger partial charge in [0.05, 0.1) is 17.9 Å².